The van der Waals surface area contributed by atoms with Gasteiger partial charge >= 0.3 is 56.7 Å². The second-order valence-corrected chi connectivity index (χ2v) is 7.60. The molecule has 4 nitrogen and oxygen atoms in total. The quantitative estimate of drug-likeness (QED) is 0.334. The van der Waals surface area contributed by atoms with Crippen LogP contribution in [0, 0.1) is 20.8 Å². The molecule has 3 aromatic rings. The number of benzene rings is 3. The topological polar surface area (TPSA) is 44.8 Å². The van der Waals surface area contributed by atoms with Crippen molar-refractivity contribution in [1.82, 2.24) is 0 Å². The third kappa shape index (κ3) is 6.75. The van der Waals surface area contributed by atoms with Crippen LogP contribution in [0.1, 0.15) is 16.7 Å². The Balaban J connectivity index is 0.00000261. The van der Waals surface area contributed by atoms with Gasteiger partial charge in [0, 0.05) is 0 Å². The van der Waals surface area contributed by atoms with Gasteiger partial charge in [-0.2, -0.15) is 4.57 Å². The van der Waals surface area contributed by atoms with E-state index in [0.717, 1.165) is 16.7 Å². The predicted octanol–water partition coefficient (Wildman–Crippen LogP) is 5.34. The monoisotopic (exact) mass is 508 g/mol. The second kappa shape index (κ2) is 9.87. The minimum atomic E-state index is -3.93. The Hall–Kier alpha value is -1.14. The van der Waals surface area contributed by atoms with Gasteiger partial charge in [-0.05, 0) is 57.2 Å². The van der Waals surface area contributed by atoms with Gasteiger partial charge in [-0.3, -0.25) is 0 Å². The van der Waals surface area contributed by atoms with Crippen molar-refractivity contribution >= 4 is 56.7 Å². The fourth-order valence-corrected chi connectivity index (χ4v) is 3.49. The number of phosphoric ester groups is 1. The molecule has 0 aromatic heterocycles. The molecule has 138 valence electrons. The Labute approximate surface area is 200 Å². The number of rotatable bonds is 6. The van der Waals surface area contributed by atoms with Crippen LogP contribution in [0.2, 0.25) is 0 Å². The zero-order chi connectivity index (χ0) is 18.6. The summed E-state index contributed by atoms with van der Waals surface area (Å²) in [6, 6.07) is 21.6. The molecule has 0 radical (unpaired) electrons. The van der Waals surface area contributed by atoms with Crippen molar-refractivity contribution in [2.24, 2.45) is 0 Å². The first-order chi connectivity index (χ1) is 12.4. The van der Waals surface area contributed by atoms with Crippen molar-refractivity contribution in [3.8, 4) is 17.2 Å². The molecule has 0 fully saturated rings. The van der Waals surface area contributed by atoms with Gasteiger partial charge in [-0.1, -0.05) is 53.1 Å². The third-order valence-corrected chi connectivity index (χ3v) is 5.02. The summed E-state index contributed by atoms with van der Waals surface area (Å²) in [7, 11) is -3.93. The van der Waals surface area contributed by atoms with Gasteiger partial charge in [-0.15, -0.1) is 0 Å². The molecule has 0 spiro atoms. The SMILES string of the molecule is Cc1ccc(OP(=O)(Oc2ccc(C)cc2)Oc2ccc(C)cc2)cc1.[BaH2]. The molecule has 0 atom stereocenters. The van der Waals surface area contributed by atoms with Crippen LogP contribution in [0.5, 0.6) is 17.2 Å². The first-order valence-electron chi connectivity index (χ1n) is 8.31. The third-order valence-electron chi connectivity index (χ3n) is 3.71. The van der Waals surface area contributed by atoms with Crippen molar-refractivity contribution in [3.63, 3.8) is 0 Å². The molecule has 0 aliphatic heterocycles. The molecule has 0 aliphatic carbocycles. The van der Waals surface area contributed by atoms with E-state index in [1.807, 2.05) is 57.2 Å². The van der Waals surface area contributed by atoms with E-state index < -0.39 is 7.82 Å². The standard InChI is InChI=1S/C21H21O4P.Ba.2H/c1-16-4-10-19(11-5-16)23-26(22,24-20-12-6-17(2)7-13-20)25-21-14-8-18(3)9-15-21;;;/h4-15H,1-3H3;;;. The predicted molar refractivity (Wildman–Crippen MR) is 112 cm³/mol. The molecule has 0 aliphatic rings. The van der Waals surface area contributed by atoms with Crippen LogP contribution in [0.4, 0.5) is 0 Å². The van der Waals surface area contributed by atoms with Crippen LogP contribution in [-0.2, 0) is 4.57 Å². The maximum atomic E-state index is 13.3. The molecule has 3 aromatic carbocycles. The zero-order valence-corrected chi connectivity index (χ0v) is 15.9. The Bertz CT molecular complexity index is 784. The fourth-order valence-electron chi connectivity index (χ4n) is 2.24. The molecule has 0 saturated carbocycles. The summed E-state index contributed by atoms with van der Waals surface area (Å²) in [6.45, 7) is 5.90. The van der Waals surface area contributed by atoms with Gasteiger partial charge < -0.3 is 13.6 Å². The van der Waals surface area contributed by atoms with E-state index >= 15 is 0 Å². The molecule has 0 N–H and O–H groups in total. The number of hydrogen-bond acceptors (Lipinski definition) is 4. The number of hydrogen-bond donors (Lipinski definition) is 0. The first-order valence-corrected chi connectivity index (χ1v) is 9.77. The van der Waals surface area contributed by atoms with Crippen molar-refractivity contribution in [1.29, 1.82) is 0 Å². The van der Waals surface area contributed by atoms with Crippen LogP contribution in [0.15, 0.2) is 72.8 Å². The molecule has 0 saturated heterocycles. The van der Waals surface area contributed by atoms with E-state index in [-0.39, 0.29) is 48.9 Å². The van der Waals surface area contributed by atoms with Gasteiger partial charge in [-0.25, -0.2) is 0 Å². The Morgan fingerprint density at radius 2 is 0.741 bits per heavy atom. The molecule has 0 heterocycles. The van der Waals surface area contributed by atoms with Gasteiger partial charge in [0.25, 0.3) is 0 Å². The second-order valence-electron chi connectivity index (χ2n) is 6.16. The summed E-state index contributed by atoms with van der Waals surface area (Å²) in [6.07, 6.45) is 0. The summed E-state index contributed by atoms with van der Waals surface area (Å²) in [4.78, 5) is 0. The normalized spacial score (nSPS) is 10.6. The molecule has 6 heteroatoms. The van der Waals surface area contributed by atoms with E-state index in [1.54, 1.807) is 36.4 Å². The molecule has 0 amide bonds. The summed E-state index contributed by atoms with van der Waals surface area (Å²) in [5.41, 5.74) is 3.23. The van der Waals surface area contributed by atoms with E-state index in [4.69, 9.17) is 13.6 Å². The van der Waals surface area contributed by atoms with Crippen molar-refractivity contribution in [3.05, 3.63) is 89.5 Å². The van der Waals surface area contributed by atoms with E-state index in [1.165, 1.54) is 0 Å². The van der Waals surface area contributed by atoms with Crippen LogP contribution < -0.4 is 13.6 Å². The Kier molecular flexibility index (Phi) is 8.10. The summed E-state index contributed by atoms with van der Waals surface area (Å²) >= 11 is 0. The van der Waals surface area contributed by atoms with Crippen molar-refractivity contribution < 1.29 is 18.1 Å². The average molecular weight is 508 g/mol. The van der Waals surface area contributed by atoms with Crippen molar-refractivity contribution in [2.75, 3.05) is 0 Å². The molecule has 0 bridgehead atoms. The minimum absolute atomic E-state index is 0. The molecular weight excluding hydrogens is 485 g/mol. The summed E-state index contributed by atoms with van der Waals surface area (Å²) in [5.74, 6) is 1.24. The van der Waals surface area contributed by atoms with Crippen LogP contribution >= 0.6 is 7.82 Å². The molecule has 3 rings (SSSR count). The van der Waals surface area contributed by atoms with Crippen LogP contribution in [-0.4, -0.2) is 48.9 Å². The first kappa shape index (κ1) is 22.2. The van der Waals surface area contributed by atoms with E-state index in [0.29, 0.717) is 17.2 Å². The van der Waals surface area contributed by atoms with Gasteiger partial charge in [0.05, 0.1) is 0 Å². The Morgan fingerprint density at radius 1 is 0.519 bits per heavy atom. The molecular formula is C21H23BaO4P. The van der Waals surface area contributed by atoms with Gasteiger partial charge in [0.1, 0.15) is 17.2 Å². The summed E-state index contributed by atoms with van der Waals surface area (Å²) in [5, 5.41) is 0. The van der Waals surface area contributed by atoms with Gasteiger partial charge in [0.15, 0.2) is 0 Å². The summed E-state index contributed by atoms with van der Waals surface area (Å²) < 4.78 is 30.2. The Morgan fingerprint density at radius 3 is 0.963 bits per heavy atom. The maximum absolute atomic E-state index is 13.3. The zero-order valence-electron chi connectivity index (χ0n) is 15.0. The van der Waals surface area contributed by atoms with E-state index in [9.17, 15) is 4.57 Å². The van der Waals surface area contributed by atoms with E-state index in [2.05, 4.69) is 0 Å². The van der Waals surface area contributed by atoms with Gasteiger partial charge in [0.2, 0.25) is 0 Å². The molecule has 0 unspecified atom stereocenters. The number of aryl methyl sites for hydroxylation is 3. The number of phosphoric acid groups is 1. The van der Waals surface area contributed by atoms with Crippen LogP contribution in [0.25, 0.3) is 0 Å². The average Bonchev–Trinajstić information content (AvgIpc) is 2.61. The van der Waals surface area contributed by atoms with Crippen molar-refractivity contribution in [2.45, 2.75) is 20.8 Å². The molecule has 27 heavy (non-hydrogen) atoms. The van der Waals surface area contributed by atoms with Crippen LogP contribution in [0.3, 0.4) is 0 Å². The fraction of sp³-hybridized carbons (Fsp3) is 0.143.